The van der Waals surface area contributed by atoms with Crippen LogP contribution in [-0.4, -0.2) is 28.9 Å². The van der Waals surface area contributed by atoms with Crippen LogP contribution in [0.15, 0.2) is 0 Å². The van der Waals surface area contributed by atoms with E-state index in [2.05, 4.69) is 31.2 Å². The molecule has 0 bridgehead atoms. The Hall–Kier alpha value is -1.36. The maximum atomic E-state index is 11.9. The topological polar surface area (TPSA) is 56.2 Å². The van der Waals surface area contributed by atoms with Crippen LogP contribution in [0.4, 0.5) is 0 Å². The second-order valence-electron chi connectivity index (χ2n) is 5.90. The van der Waals surface area contributed by atoms with Crippen molar-refractivity contribution in [1.82, 2.24) is 15.1 Å². The minimum Gasteiger partial charge on any atom is -0.381 e. The van der Waals surface area contributed by atoms with Crippen LogP contribution in [0.2, 0.25) is 0 Å². The first-order valence-corrected chi connectivity index (χ1v) is 7.38. The summed E-state index contributed by atoms with van der Waals surface area (Å²) >= 11 is 0. The molecule has 1 atom stereocenters. The molecule has 2 heterocycles. The summed E-state index contributed by atoms with van der Waals surface area (Å²) in [5.74, 6) is 0.493. The Morgan fingerprint density at radius 1 is 1.50 bits per heavy atom. The number of carbonyl (C=O) groups excluding carboxylic acids is 1. The lowest BCUT2D eigenvalue weighted by Gasteiger charge is -2.10. The first-order valence-electron chi connectivity index (χ1n) is 7.38. The minimum atomic E-state index is 0.108. The van der Waals surface area contributed by atoms with E-state index in [0.29, 0.717) is 24.9 Å². The highest BCUT2D eigenvalue weighted by Gasteiger charge is 2.20. The van der Waals surface area contributed by atoms with E-state index < -0.39 is 0 Å². The van der Waals surface area contributed by atoms with Crippen molar-refractivity contribution < 1.29 is 9.53 Å². The first kappa shape index (κ1) is 15.0. The second-order valence-corrected chi connectivity index (χ2v) is 5.90. The zero-order chi connectivity index (χ0) is 14.7. The van der Waals surface area contributed by atoms with E-state index in [0.717, 1.165) is 36.6 Å². The third-order valence-electron chi connectivity index (χ3n) is 3.92. The van der Waals surface area contributed by atoms with Gasteiger partial charge in [-0.2, -0.15) is 5.10 Å². The van der Waals surface area contributed by atoms with Crippen molar-refractivity contribution in [1.29, 1.82) is 0 Å². The summed E-state index contributed by atoms with van der Waals surface area (Å²) in [5, 5.41) is 7.55. The van der Waals surface area contributed by atoms with Gasteiger partial charge in [-0.1, -0.05) is 0 Å². The molecule has 0 aromatic carbocycles. The summed E-state index contributed by atoms with van der Waals surface area (Å²) in [4.78, 5) is 11.9. The number of nitrogens with one attached hydrogen (secondary N) is 1. The van der Waals surface area contributed by atoms with E-state index in [1.165, 1.54) is 0 Å². The van der Waals surface area contributed by atoms with Crippen molar-refractivity contribution in [2.24, 2.45) is 5.92 Å². The normalized spacial score (nSPS) is 18.8. The number of rotatable bonds is 5. The largest absolute Gasteiger partial charge is 0.381 e. The molecule has 1 amide bonds. The van der Waals surface area contributed by atoms with Gasteiger partial charge in [0, 0.05) is 43.5 Å². The number of nitrogens with zero attached hydrogens (tertiary/aromatic N) is 2. The molecule has 1 N–H and O–H groups in total. The van der Waals surface area contributed by atoms with E-state index in [4.69, 9.17) is 4.74 Å². The van der Waals surface area contributed by atoms with Crippen LogP contribution >= 0.6 is 0 Å². The molecule has 5 nitrogen and oxygen atoms in total. The third-order valence-corrected chi connectivity index (χ3v) is 3.92. The molecule has 0 unspecified atom stereocenters. The second kappa shape index (κ2) is 6.39. The molecule has 0 spiro atoms. The fraction of sp³-hybridized carbons (Fsp3) is 0.733. The Bertz CT molecular complexity index is 474. The van der Waals surface area contributed by atoms with Gasteiger partial charge >= 0.3 is 0 Å². The van der Waals surface area contributed by atoms with Gasteiger partial charge in [0.2, 0.25) is 5.91 Å². The highest BCUT2D eigenvalue weighted by atomic mass is 16.5. The van der Waals surface area contributed by atoms with Crippen LogP contribution in [0.5, 0.6) is 0 Å². The number of aryl methyl sites for hydroxylation is 1. The maximum Gasteiger partial charge on any atom is 0.220 e. The molecule has 1 aliphatic heterocycles. The van der Waals surface area contributed by atoms with Gasteiger partial charge in [0.05, 0.1) is 5.69 Å². The van der Waals surface area contributed by atoms with Crippen LogP contribution in [-0.2, 0) is 16.1 Å². The molecule has 0 aliphatic carbocycles. The Morgan fingerprint density at radius 2 is 2.25 bits per heavy atom. The molecule has 2 rings (SSSR count). The molecule has 1 saturated heterocycles. The van der Waals surface area contributed by atoms with E-state index in [-0.39, 0.29) is 5.91 Å². The Labute approximate surface area is 120 Å². The summed E-state index contributed by atoms with van der Waals surface area (Å²) in [6, 6.07) is 0.341. The SMILES string of the molecule is Cc1nn(C(C)C)c(C)c1CNC(=O)C[C@@H]1CCOC1. The van der Waals surface area contributed by atoms with Crippen molar-refractivity contribution >= 4 is 5.91 Å². The van der Waals surface area contributed by atoms with Crippen molar-refractivity contribution in [3.8, 4) is 0 Å². The average molecular weight is 279 g/mol. The van der Waals surface area contributed by atoms with Crippen LogP contribution in [0.3, 0.4) is 0 Å². The average Bonchev–Trinajstić information content (AvgIpc) is 2.96. The van der Waals surface area contributed by atoms with Gasteiger partial charge in [-0.15, -0.1) is 0 Å². The van der Waals surface area contributed by atoms with Crippen molar-refractivity contribution in [3.63, 3.8) is 0 Å². The van der Waals surface area contributed by atoms with Gasteiger partial charge in [-0.25, -0.2) is 0 Å². The molecule has 5 heteroatoms. The first-order chi connectivity index (χ1) is 9.49. The highest BCUT2D eigenvalue weighted by Crippen LogP contribution is 2.18. The van der Waals surface area contributed by atoms with Crippen molar-refractivity contribution in [2.45, 2.75) is 53.1 Å². The molecule has 1 aromatic rings. The zero-order valence-electron chi connectivity index (χ0n) is 12.9. The lowest BCUT2D eigenvalue weighted by Crippen LogP contribution is -2.25. The van der Waals surface area contributed by atoms with Crippen LogP contribution < -0.4 is 5.32 Å². The summed E-state index contributed by atoms with van der Waals surface area (Å²) in [6.07, 6.45) is 1.56. The summed E-state index contributed by atoms with van der Waals surface area (Å²) in [6.45, 7) is 10.4. The monoisotopic (exact) mass is 279 g/mol. The number of ether oxygens (including phenoxy) is 1. The third kappa shape index (κ3) is 3.39. The molecule has 0 saturated carbocycles. The number of hydrogen-bond donors (Lipinski definition) is 1. The van der Waals surface area contributed by atoms with Gasteiger partial charge in [0.25, 0.3) is 0 Å². The number of amides is 1. The highest BCUT2D eigenvalue weighted by molar-refractivity contribution is 5.76. The summed E-state index contributed by atoms with van der Waals surface area (Å²) in [5.41, 5.74) is 3.28. The molecular formula is C15H25N3O2. The molecule has 1 aliphatic rings. The Balaban J connectivity index is 1.91. The fourth-order valence-corrected chi connectivity index (χ4v) is 2.72. The maximum absolute atomic E-state index is 11.9. The van der Waals surface area contributed by atoms with Gasteiger partial charge in [-0.3, -0.25) is 9.48 Å². The predicted octanol–water partition coefficient (Wildman–Crippen LogP) is 2.12. The van der Waals surface area contributed by atoms with E-state index in [1.54, 1.807) is 0 Å². The van der Waals surface area contributed by atoms with Gasteiger partial charge in [-0.05, 0) is 40.0 Å². The van der Waals surface area contributed by atoms with Crippen LogP contribution in [0.25, 0.3) is 0 Å². The number of hydrogen-bond acceptors (Lipinski definition) is 3. The minimum absolute atomic E-state index is 0.108. The summed E-state index contributed by atoms with van der Waals surface area (Å²) < 4.78 is 7.31. The number of aromatic nitrogens is 2. The molecule has 20 heavy (non-hydrogen) atoms. The Kier molecular flexibility index (Phi) is 4.81. The Morgan fingerprint density at radius 3 is 2.80 bits per heavy atom. The van der Waals surface area contributed by atoms with E-state index in [9.17, 15) is 4.79 Å². The van der Waals surface area contributed by atoms with Crippen molar-refractivity contribution in [2.75, 3.05) is 13.2 Å². The van der Waals surface area contributed by atoms with Gasteiger partial charge < -0.3 is 10.1 Å². The molecule has 1 aromatic heterocycles. The van der Waals surface area contributed by atoms with E-state index >= 15 is 0 Å². The lowest BCUT2D eigenvalue weighted by atomic mass is 10.0. The lowest BCUT2D eigenvalue weighted by molar-refractivity contribution is -0.122. The molecule has 0 radical (unpaired) electrons. The quantitative estimate of drug-likeness (QED) is 0.898. The molecule has 112 valence electrons. The smallest absolute Gasteiger partial charge is 0.220 e. The van der Waals surface area contributed by atoms with Gasteiger partial charge in [0.15, 0.2) is 0 Å². The van der Waals surface area contributed by atoms with Crippen LogP contribution in [0, 0.1) is 19.8 Å². The summed E-state index contributed by atoms with van der Waals surface area (Å²) in [7, 11) is 0. The molecule has 1 fully saturated rings. The predicted molar refractivity (Wildman–Crippen MR) is 77.5 cm³/mol. The zero-order valence-corrected chi connectivity index (χ0v) is 12.9. The number of carbonyl (C=O) groups is 1. The van der Waals surface area contributed by atoms with Gasteiger partial charge in [0.1, 0.15) is 0 Å². The van der Waals surface area contributed by atoms with E-state index in [1.807, 2.05) is 11.6 Å². The van der Waals surface area contributed by atoms with Crippen molar-refractivity contribution in [3.05, 3.63) is 17.0 Å². The van der Waals surface area contributed by atoms with Crippen LogP contribution in [0.1, 0.15) is 49.7 Å². The molecular weight excluding hydrogens is 254 g/mol. The standard InChI is InChI=1S/C15H25N3O2/c1-10(2)18-12(4)14(11(3)17-18)8-16-15(19)7-13-5-6-20-9-13/h10,13H,5-9H2,1-4H3,(H,16,19)/t13-/m0/s1. The fourth-order valence-electron chi connectivity index (χ4n) is 2.72.